The third-order valence-corrected chi connectivity index (χ3v) is 7.10. The van der Waals surface area contributed by atoms with Crippen molar-refractivity contribution in [2.75, 3.05) is 11.9 Å². The summed E-state index contributed by atoms with van der Waals surface area (Å²) in [4.78, 5) is 32.3. The van der Waals surface area contributed by atoms with Crippen molar-refractivity contribution in [1.29, 1.82) is 0 Å². The number of anilines is 1. The van der Waals surface area contributed by atoms with E-state index < -0.39 is 10.8 Å². The molecule has 0 unspecified atom stereocenters. The SMILES string of the molecule is O=C(Nc1ccc(Br)cc1)[C@H]1CC(=O)N(CCc2ccccc2)C(=Nc2ccc(OC(F)(F)Cl)cc2)S1. The van der Waals surface area contributed by atoms with Gasteiger partial charge in [0.2, 0.25) is 11.8 Å². The number of benzene rings is 3. The number of thioether (sulfide) groups is 1. The van der Waals surface area contributed by atoms with Gasteiger partial charge < -0.3 is 10.1 Å². The topological polar surface area (TPSA) is 71.0 Å². The molecule has 6 nitrogen and oxygen atoms in total. The maximum atomic E-state index is 13.2. The molecule has 3 aromatic carbocycles. The summed E-state index contributed by atoms with van der Waals surface area (Å²) < 4.78 is 31.1. The lowest BCUT2D eigenvalue weighted by molar-refractivity contribution is -0.129. The number of ether oxygens (including phenoxy) is 1. The molecule has 1 heterocycles. The molecule has 0 radical (unpaired) electrons. The minimum atomic E-state index is -3.83. The van der Waals surface area contributed by atoms with E-state index in [0.717, 1.165) is 10.0 Å². The Labute approximate surface area is 230 Å². The lowest BCUT2D eigenvalue weighted by Crippen LogP contribution is -2.46. The summed E-state index contributed by atoms with van der Waals surface area (Å²) in [7, 11) is 0. The van der Waals surface area contributed by atoms with Crippen LogP contribution in [0, 0.1) is 0 Å². The first kappa shape index (κ1) is 27.1. The summed E-state index contributed by atoms with van der Waals surface area (Å²) in [5, 5.41) is 2.49. The molecule has 3 aromatic rings. The number of rotatable bonds is 8. The minimum Gasteiger partial charge on any atom is -0.420 e. The summed E-state index contributed by atoms with van der Waals surface area (Å²) in [5.74, 6) is -0.681. The van der Waals surface area contributed by atoms with Crippen molar-refractivity contribution >= 4 is 67.6 Å². The van der Waals surface area contributed by atoms with Crippen LogP contribution in [0.5, 0.6) is 5.75 Å². The van der Waals surface area contributed by atoms with Crippen LogP contribution in [-0.4, -0.2) is 39.2 Å². The highest BCUT2D eigenvalue weighted by atomic mass is 79.9. The van der Waals surface area contributed by atoms with Gasteiger partial charge in [0, 0.05) is 34.7 Å². The first-order valence-electron chi connectivity index (χ1n) is 11.2. The van der Waals surface area contributed by atoms with E-state index in [1.165, 1.54) is 36.0 Å². The Kier molecular flexibility index (Phi) is 8.83. The van der Waals surface area contributed by atoms with Crippen molar-refractivity contribution < 1.29 is 23.1 Å². The van der Waals surface area contributed by atoms with Crippen LogP contribution in [0.2, 0.25) is 0 Å². The summed E-state index contributed by atoms with van der Waals surface area (Å²) in [6.07, 6.45) is 0.609. The monoisotopic (exact) mass is 607 g/mol. The molecular weight excluding hydrogens is 588 g/mol. The van der Waals surface area contributed by atoms with Crippen molar-refractivity contribution in [2.24, 2.45) is 4.99 Å². The molecule has 0 saturated carbocycles. The zero-order valence-corrected chi connectivity index (χ0v) is 22.4. The van der Waals surface area contributed by atoms with E-state index >= 15 is 0 Å². The molecule has 0 bridgehead atoms. The Balaban J connectivity index is 1.55. The highest BCUT2D eigenvalue weighted by Crippen LogP contribution is 2.32. The lowest BCUT2D eigenvalue weighted by Gasteiger charge is -2.32. The number of hydrogen-bond donors (Lipinski definition) is 1. The van der Waals surface area contributed by atoms with E-state index in [-0.39, 0.29) is 24.0 Å². The van der Waals surface area contributed by atoms with Crippen LogP contribution in [0.4, 0.5) is 20.2 Å². The van der Waals surface area contributed by atoms with E-state index in [1.807, 2.05) is 30.3 Å². The molecule has 1 fully saturated rings. The molecule has 0 aromatic heterocycles. The highest BCUT2D eigenvalue weighted by Gasteiger charge is 2.36. The lowest BCUT2D eigenvalue weighted by atomic mass is 10.1. The zero-order valence-electron chi connectivity index (χ0n) is 19.2. The van der Waals surface area contributed by atoms with Crippen molar-refractivity contribution in [2.45, 2.75) is 23.7 Å². The number of halogens is 4. The fraction of sp³-hybridized carbons (Fsp3) is 0.192. The average Bonchev–Trinajstić information content (AvgIpc) is 2.85. The maximum Gasteiger partial charge on any atom is 0.487 e. The summed E-state index contributed by atoms with van der Waals surface area (Å²) in [5.41, 5.74) is -1.77. The summed E-state index contributed by atoms with van der Waals surface area (Å²) in [6, 6.07) is 22.4. The van der Waals surface area contributed by atoms with Crippen molar-refractivity contribution in [3.63, 3.8) is 0 Å². The van der Waals surface area contributed by atoms with Crippen molar-refractivity contribution in [3.8, 4) is 5.75 Å². The number of amides is 2. The molecular formula is C26H21BrClF2N3O3S. The number of aliphatic imine (C=N–C) groups is 1. The van der Waals surface area contributed by atoms with Crippen molar-refractivity contribution in [1.82, 2.24) is 4.90 Å². The molecule has 1 aliphatic rings. The average molecular weight is 609 g/mol. The van der Waals surface area contributed by atoms with Crippen LogP contribution in [0.1, 0.15) is 12.0 Å². The molecule has 37 heavy (non-hydrogen) atoms. The second-order valence-electron chi connectivity index (χ2n) is 8.02. The molecule has 11 heteroatoms. The van der Waals surface area contributed by atoms with E-state index in [2.05, 4.69) is 31.0 Å². The van der Waals surface area contributed by atoms with Gasteiger partial charge in [-0.1, -0.05) is 58.0 Å². The zero-order chi connectivity index (χ0) is 26.4. The Bertz CT molecular complexity index is 1270. The Morgan fingerprint density at radius 1 is 1.11 bits per heavy atom. The smallest absolute Gasteiger partial charge is 0.420 e. The molecule has 1 saturated heterocycles. The van der Waals surface area contributed by atoms with Crippen LogP contribution in [0.25, 0.3) is 0 Å². The van der Waals surface area contributed by atoms with Crippen molar-refractivity contribution in [3.05, 3.63) is 88.9 Å². The fourth-order valence-corrected chi connectivity index (χ4v) is 5.01. The van der Waals surface area contributed by atoms with E-state index in [9.17, 15) is 18.4 Å². The predicted molar refractivity (Wildman–Crippen MR) is 146 cm³/mol. The van der Waals surface area contributed by atoms with Gasteiger partial charge in [-0.3, -0.25) is 14.5 Å². The van der Waals surface area contributed by atoms with Gasteiger partial charge in [0.25, 0.3) is 0 Å². The van der Waals surface area contributed by atoms with E-state index in [1.54, 1.807) is 29.2 Å². The van der Waals surface area contributed by atoms with Gasteiger partial charge in [-0.15, -0.1) is 8.78 Å². The minimum absolute atomic E-state index is 0.0123. The number of nitrogens with one attached hydrogen (secondary N) is 1. The molecule has 1 aliphatic heterocycles. The summed E-state index contributed by atoms with van der Waals surface area (Å²) >= 11 is 9.36. The molecule has 192 valence electrons. The van der Waals surface area contributed by atoms with Crippen LogP contribution < -0.4 is 10.1 Å². The molecule has 4 rings (SSSR count). The van der Waals surface area contributed by atoms with Crippen LogP contribution in [0.3, 0.4) is 0 Å². The highest BCUT2D eigenvalue weighted by molar-refractivity contribution is 9.10. The largest absolute Gasteiger partial charge is 0.487 e. The second-order valence-corrected chi connectivity index (χ2v) is 10.5. The second kappa shape index (κ2) is 12.1. The van der Waals surface area contributed by atoms with Gasteiger partial charge in [-0.2, -0.15) is 0 Å². The fourth-order valence-electron chi connectivity index (χ4n) is 3.54. The Morgan fingerprint density at radius 2 is 1.78 bits per heavy atom. The first-order valence-corrected chi connectivity index (χ1v) is 13.2. The number of nitrogens with zero attached hydrogens (tertiary/aromatic N) is 2. The third-order valence-electron chi connectivity index (χ3n) is 5.31. The Morgan fingerprint density at radius 3 is 2.43 bits per heavy atom. The van der Waals surface area contributed by atoms with Gasteiger partial charge in [0.15, 0.2) is 5.17 Å². The predicted octanol–water partition coefficient (Wildman–Crippen LogP) is 6.82. The van der Waals surface area contributed by atoms with Gasteiger partial charge >= 0.3 is 5.57 Å². The maximum absolute atomic E-state index is 13.2. The molecule has 0 aliphatic carbocycles. The molecule has 1 N–H and O–H groups in total. The number of amidine groups is 1. The normalized spacial score (nSPS) is 17.1. The van der Waals surface area contributed by atoms with Crippen LogP contribution in [-0.2, 0) is 16.0 Å². The number of carbonyl (C=O) groups is 2. The summed E-state index contributed by atoms with van der Waals surface area (Å²) in [6.45, 7) is 0.370. The quantitative estimate of drug-likeness (QED) is 0.285. The number of carbonyl (C=O) groups excluding carboxylic acids is 2. The molecule has 0 spiro atoms. The van der Waals surface area contributed by atoms with E-state index in [4.69, 9.17) is 11.6 Å². The van der Waals surface area contributed by atoms with Gasteiger partial charge in [0.05, 0.1) is 5.69 Å². The number of hydrogen-bond acceptors (Lipinski definition) is 5. The molecule has 2 amide bonds. The standard InChI is InChI=1S/C26H21BrClF2N3O3S/c27-18-6-8-19(9-7-18)31-24(35)22-16-23(34)33(15-14-17-4-2-1-3-5-17)25(37-22)32-20-10-12-21(13-11-20)36-26(28,29)30/h1-13,22H,14-16H2,(H,31,35)/t22-/m1/s1. The van der Waals surface area contributed by atoms with Crippen LogP contribution in [0.15, 0.2) is 88.3 Å². The molecule has 1 atom stereocenters. The Hall–Kier alpha value is -2.95. The number of alkyl halides is 3. The van der Waals surface area contributed by atoms with Crippen LogP contribution >= 0.6 is 39.3 Å². The first-order chi connectivity index (χ1) is 17.7. The van der Waals surface area contributed by atoms with E-state index in [0.29, 0.717) is 29.5 Å². The van der Waals surface area contributed by atoms with Gasteiger partial charge in [-0.25, -0.2) is 4.99 Å². The van der Waals surface area contributed by atoms with Gasteiger partial charge in [0.1, 0.15) is 11.0 Å². The third kappa shape index (κ3) is 8.02. The van der Waals surface area contributed by atoms with Gasteiger partial charge in [-0.05, 0) is 60.5 Å².